The van der Waals surface area contributed by atoms with Crippen molar-refractivity contribution in [3.05, 3.63) is 67.3 Å². The van der Waals surface area contributed by atoms with E-state index >= 15 is 0 Å². The number of aromatic nitrogens is 4. The maximum absolute atomic E-state index is 4.27. The van der Waals surface area contributed by atoms with Gasteiger partial charge in [0.15, 0.2) is 0 Å². The van der Waals surface area contributed by atoms with Crippen molar-refractivity contribution in [3.63, 3.8) is 0 Å². The third-order valence-corrected chi connectivity index (χ3v) is 2.52. The Labute approximate surface area is 110 Å². The van der Waals surface area contributed by atoms with Crippen molar-refractivity contribution in [2.45, 2.75) is 0 Å². The van der Waals surface area contributed by atoms with Gasteiger partial charge in [0.2, 0.25) is 11.9 Å². The summed E-state index contributed by atoms with van der Waals surface area (Å²) in [6.45, 7) is 0. The van der Waals surface area contributed by atoms with Crippen molar-refractivity contribution in [2.75, 3.05) is 4.90 Å². The van der Waals surface area contributed by atoms with Crippen molar-refractivity contribution in [2.24, 2.45) is 0 Å². The smallest absolute Gasteiger partial charge is 0.236 e. The van der Waals surface area contributed by atoms with E-state index in [-0.39, 0.29) is 0 Å². The van der Waals surface area contributed by atoms with Gasteiger partial charge in [-0.1, -0.05) is 18.2 Å². The first kappa shape index (κ1) is 11.3. The van der Waals surface area contributed by atoms with E-state index in [0.29, 0.717) is 11.9 Å². The van der Waals surface area contributed by atoms with E-state index in [1.54, 1.807) is 41.8 Å². The Bertz CT molecular complexity index is 534. The highest BCUT2D eigenvalue weighted by Crippen LogP contribution is 2.27. The summed E-state index contributed by atoms with van der Waals surface area (Å²) in [6, 6.07) is 13.3. The number of hydrogen-bond acceptors (Lipinski definition) is 5. The van der Waals surface area contributed by atoms with Crippen molar-refractivity contribution in [1.82, 2.24) is 19.9 Å². The lowest BCUT2D eigenvalue weighted by molar-refractivity contribution is 1.01. The first-order valence-electron chi connectivity index (χ1n) is 5.84. The molecule has 0 radical (unpaired) electrons. The lowest BCUT2D eigenvalue weighted by atomic mass is 10.3. The van der Waals surface area contributed by atoms with E-state index in [4.69, 9.17) is 0 Å². The number of rotatable bonds is 3. The summed E-state index contributed by atoms with van der Waals surface area (Å²) in [5, 5.41) is 0. The number of anilines is 3. The Kier molecular flexibility index (Phi) is 3.10. The third-order valence-electron chi connectivity index (χ3n) is 2.52. The zero-order valence-electron chi connectivity index (χ0n) is 10.1. The van der Waals surface area contributed by atoms with Crippen LogP contribution in [-0.2, 0) is 0 Å². The Balaban J connectivity index is 2.12. The highest BCUT2D eigenvalue weighted by molar-refractivity contribution is 5.67. The largest absolute Gasteiger partial charge is 0.247 e. The number of hydrogen-bond donors (Lipinski definition) is 0. The monoisotopic (exact) mass is 249 g/mol. The standard InChI is InChI=1S/C14H11N5/c1-2-6-12(7-3-1)19(13-15-8-4-9-16-13)14-17-10-5-11-18-14/h1-11H. The first-order valence-corrected chi connectivity index (χ1v) is 5.84. The lowest BCUT2D eigenvalue weighted by Gasteiger charge is -2.19. The number of para-hydroxylation sites is 1. The van der Waals surface area contributed by atoms with E-state index in [9.17, 15) is 0 Å². The van der Waals surface area contributed by atoms with Crippen LogP contribution in [0, 0.1) is 0 Å². The van der Waals surface area contributed by atoms with Crippen LogP contribution >= 0.6 is 0 Å². The minimum atomic E-state index is 0.542. The Morgan fingerprint density at radius 2 is 1.05 bits per heavy atom. The Morgan fingerprint density at radius 3 is 1.53 bits per heavy atom. The van der Waals surface area contributed by atoms with Gasteiger partial charge in [-0.2, -0.15) is 0 Å². The molecule has 0 aliphatic heterocycles. The van der Waals surface area contributed by atoms with E-state index in [1.165, 1.54) is 0 Å². The summed E-state index contributed by atoms with van der Waals surface area (Å²) in [6.07, 6.45) is 6.78. The second-order valence-corrected chi connectivity index (χ2v) is 3.77. The van der Waals surface area contributed by atoms with Crippen LogP contribution in [0.4, 0.5) is 17.6 Å². The van der Waals surface area contributed by atoms with Crippen LogP contribution in [0.2, 0.25) is 0 Å². The van der Waals surface area contributed by atoms with Crippen molar-refractivity contribution >= 4 is 17.6 Å². The van der Waals surface area contributed by atoms with Gasteiger partial charge < -0.3 is 0 Å². The lowest BCUT2D eigenvalue weighted by Crippen LogP contribution is -2.15. The zero-order valence-corrected chi connectivity index (χ0v) is 10.1. The Hall–Kier alpha value is -2.82. The van der Waals surface area contributed by atoms with Gasteiger partial charge in [-0.05, 0) is 24.3 Å². The molecule has 3 rings (SSSR count). The molecule has 5 heteroatoms. The van der Waals surface area contributed by atoms with Gasteiger partial charge in [0.1, 0.15) is 0 Å². The minimum Gasteiger partial charge on any atom is -0.247 e. The van der Waals surface area contributed by atoms with Crippen LogP contribution in [0.5, 0.6) is 0 Å². The summed E-state index contributed by atoms with van der Waals surface area (Å²) in [5.41, 5.74) is 0.917. The maximum Gasteiger partial charge on any atom is 0.236 e. The molecule has 0 unspecified atom stereocenters. The molecule has 2 heterocycles. The molecular weight excluding hydrogens is 238 g/mol. The summed E-state index contributed by atoms with van der Waals surface area (Å²) < 4.78 is 0. The topological polar surface area (TPSA) is 54.8 Å². The summed E-state index contributed by atoms with van der Waals surface area (Å²) in [5.74, 6) is 1.08. The number of benzene rings is 1. The van der Waals surface area contributed by atoms with E-state index in [0.717, 1.165) is 5.69 Å². The van der Waals surface area contributed by atoms with Crippen LogP contribution < -0.4 is 4.90 Å². The average Bonchev–Trinajstić information content (AvgIpc) is 2.51. The number of nitrogens with zero attached hydrogens (tertiary/aromatic N) is 5. The zero-order chi connectivity index (χ0) is 12.9. The van der Waals surface area contributed by atoms with Crippen molar-refractivity contribution in [3.8, 4) is 0 Å². The van der Waals surface area contributed by atoms with Gasteiger partial charge >= 0.3 is 0 Å². The van der Waals surface area contributed by atoms with Crippen LogP contribution in [0.15, 0.2) is 67.3 Å². The highest BCUT2D eigenvalue weighted by Gasteiger charge is 2.15. The van der Waals surface area contributed by atoms with Crippen LogP contribution in [-0.4, -0.2) is 19.9 Å². The molecule has 0 fully saturated rings. The maximum atomic E-state index is 4.27. The molecule has 1 aromatic carbocycles. The minimum absolute atomic E-state index is 0.542. The second kappa shape index (κ2) is 5.22. The molecule has 19 heavy (non-hydrogen) atoms. The molecule has 0 saturated carbocycles. The molecule has 0 saturated heterocycles. The van der Waals surface area contributed by atoms with Gasteiger partial charge in [0.25, 0.3) is 0 Å². The van der Waals surface area contributed by atoms with Crippen LogP contribution in [0.3, 0.4) is 0 Å². The molecular formula is C14H11N5. The molecule has 0 N–H and O–H groups in total. The average molecular weight is 249 g/mol. The molecule has 0 aliphatic carbocycles. The van der Waals surface area contributed by atoms with Gasteiger partial charge in [0, 0.05) is 24.8 Å². The van der Waals surface area contributed by atoms with Gasteiger partial charge in [-0.15, -0.1) is 0 Å². The van der Waals surface area contributed by atoms with E-state index in [2.05, 4.69) is 19.9 Å². The van der Waals surface area contributed by atoms with E-state index < -0.39 is 0 Å². The summed E-state index contributed by atoms with van der Waals surface area (Å²) in [7, 11) is 0. The normalized spacial score (nSPS) is 10.1. The third kappa shape index (κ3) is 2.40. The fraction of sp³-hybridized carbons (Fsp3) is 0. The first-order chi connectivity index (χ1) is 9.45. The van der Waals surface area contributed by atoms with Gasteiger partial charge in [0.05, 0.1) is 5.69 Å². The SMILES string of the molecule is c1ccc(N(c2ncccn2)c2ncccn2)cc1. The van der Waals surface area contributed by atoms with Gasteiger partial charge in [-0.3, -0.25) is 0 Å². The molecule has 2 aromatic heterocycles. The molecule has 0 bridgehead atoms. The predicted octanol–water partition coefficient (Wildman–Crippen LogP) is 2.74. The fourth-order valence-electron chi connectivity index (χ4n) is 1.71. The quantitative estimate of drug-likeness (QED) is 0.714. The molecule has 0 aliphatic rings. The molecule has 0 amide bonds. The summed E-state index contributed by atoms with van der Waals surface area (Å²) in [4.78, 5) is 18.9. The molecule has 0 spiro atoms. The summed E-state index contributed by atoms with van der Waals surface area (Å²) >= 11 is 0. The molecule has 5 nitrogen and oxygen atoms in total. The molecule has 92 valence electrons. The van der Waals surface area contributed by atoms with E-state index in [1.807, 2.05) is 30.3 Å². The second-order valence-electron chi connectivity index (χ2n) is 3.77. The molecule has 0 atom stereocenters. The predicted molar refractivity (Wildman–Crippen MR) is 72.3 cm³/mol. The highest BCUT2D eigenvalue weighted by atomic mass is 15.3. The van der Waals surface area contributed by atoms with Crippen LogP contribution in [0.25, 0.3) is 0 Å². The van der Waals surface area contributed by atoms with Crippen molar-refractivity contribution < 1.29 is 0 Å². The fourth-order valence-corrected chi connectivity index (χ4v) is 1.71. The van der Waals surface area contributed by atoms with Crippen LogP contribution in [0.1, 0.15) is 0 Å². The Morgan fingerprint density at radius 1 is 0.579 bits per heavy atom. The van der Waals surface area contributed by atoms with Crippen molar-refractivity contribution in [1.29, 1.82) is 0 Å². The van der Waals surface area contributed by atoms with Gasteiger partial charge in [-0.25, -0.2) is 24.8 Å². The molecule has 3 aromatic rings.